The monoisotopic (exact) mass is 228 g/mol. The highest BCUT2D eigenvalue weighted by Gasteiger charge is 2.29. The molecule has 96 valence electrons. The minimum atomic E-state index is 0.473. The number of hydrogen-bond donors (Lipinski definition) is 2. The van der Waals surface area contributed by atoms with Crippen molar-refractivity contribution in [3.63, 3.8) is 0 Å². The fourth-order valence-corrected chi connectivity index (χ4v) is 3.24. The fraction of sp³-hybridized carbons (Fsp3) is 1.00. The van der Waals surface area contributed by atoms with Gasteiger partial charge in [-0.2, -0.15) is 0 Å². The SMILES string of the molecule is COCCCC(NN)C1CC(C)CC(C)C1. The van der Waals surface area contributed by atoms with Crippen molar-refractivity contribution in [3.05, 3.63) is 0 Å². The Bertz CT molecular complexity index is 177. The Morgan fingerprint density at radius 2 is 1.88 bits per heavy atom. The van der Waals surface area contributed by atoms with E-state index in [9.17, 15) is 0 Å². The molecule has 3 N–H and O–H groups in total. The van der Waals surface area contributed by atoms with E-state index in [-0.39, 0.29) is 0 Å². The molecule has 0 amide bonds. The summed E-state index contributed by atoms with van der Waals surface area (Å²) in [6, 6.07) is 0.473. The Morgan fingerprint density at radius 3 is 2.38 bits per heavy atom. The zero-order valence-corrected chi connectivity index (χ0v) is 11.0. The molecule has 0 aromatic carbocycles. The summed E-state index contributed by atoms with van der Waals surface area (Å²) in [6.07, 6.45) is 6.27. The van der Waals surface area contributed by atoms with Crippen LogP contribution in [0.15, 0.2) is 0 Å². The van der Waals surface area contributed by atoms with Crippen LogP contribution in [0.25, 0.3) is 0 Å². The summed E-state index contributed by atoms with van der Waals surface area (Å²) in [7, 11) is 1.76. The van der Waals surface area contributed by atoms with Crippen molar-refractivity contribution in [2.45, 2.75) is 52.0 Å². The van der Waals surface area contributed by atoms with Crippen LogP contribution in [0.1, 0.15) is 46.0 Å². The molecule has 0 aromatic rings. The van der Waals surface area contributed by atoms with Gasteiger partial charge in [-0.3, -0.25) is 11.3 Å². The molecule has 3 nitrogen and oxygen atoms in total. The Balaban J connectivity index is 2.38. The summed E-state index contributed by atoms with van der Waals surface area (Å²) in [5, 5.41) is 0. The van der Waals surface area contributed by atoms with E-state index in [4.69, 9.17) is 10.6 Å². The summed E-state index contributed by atoms with van der Waals surface area (Å²) < 4.78 is 5.10. The molecular weight excluding hydrogens is 200 g/mol. The Labute approximate surface area is 100 Å². The third-order valence-electron chi connectivity index (χ3n) is 3.86. The van der Waals surface area contributed by atoms with Crippen LogP contribution in [-0.4, -0.2) is 19.8 Å². The normalized spacial score (nSPS) is 32.6. The molecule has 3 unspecified atom stereocenters. The Hall–Kier alpha value is -0.120. The van der Waals surface area contributed by atoms with Gasteiger partial charge in [-0.15, -0.1) is 0 Å². The van der Waals surface area contributed by atoms with Crippen molar-refractivity contribution in [1.82, 2.24) is 5.43 Å². The second-order valence-corrected chi connectivity index (χ2v) is 5.59. The Kier molecular flexibility index (Phi) is 6.32. The first kappa shape index (κ1) is 13.9. The predicted molar refractivity (Wildman–Crippen MR) is 67.9 cm³/mol. The van der Waals surface area contributed by atoms with Crippen molar-refractivity contribution in [2.75, 3.05) is 13.7 Å². The van der Waals surface area contributed by atoms with E-state index in [0.717, 1.165) is 37.2 Å². The molecular formula is C13H28N2O. The standard InChI is InChI=1S/C13H28N2O/c1-10-7-11(2)9-12(8-10)13(15-14)5-4-6-16-3/h10-13,15H,4-9,14H2,1-3H3. The van der Waals surface area contributed by atoms with Crippen LogP contribution in [0.2, 0.25) is 0 Å². The molecule has 0 bridgehead atoms. The number of hydrogen-bond acceptors (Lipinski definition) is 3. The number of ether oxygens (including phenoxy) is 1. The van der Waals surface area contributed by atoms with Crippen LogP contribution in [0, 0.1) is 17.8 Å². The van der Waals surface area contributed by atoms with E-state index in [1.165, 1.54) is 19.3 Å². The topological polar surface area (TPSA) is 47.3 Å². The fourth-order valence-electron chi connectivity index (χ4n) is 3.24. The summed E-state index contributed by atoms with van der Waals surface area (Å²) in [5.41, 5.74) is 3.02. The van der Waals surface area contributed by atoms with Gasteiger partial charge in [-0.1, -0.05) is 13.8 Å². The molecule has 1 rings (SSSR count). The molecule has 0 spiro atoms. The van der Waals surface area contributed by atoms with Crippen LogP contribution >= 0.6 is 0 Å². The highest BCUT2D eigenvalue weighted by Crippen LogP contribution is 2.35. The maximum atomic E-state index is 5.69. The van der Waals surface area contributed by atoms with Crippen LogP contribution in [-0.2, 0) is 4.74 Å². The van der Waals surface area contributed by atoms with Gasteiger partial charge in [0.1, 0.15) is 0 Å². The molecule has 1 fully saturated rings. The summed E-state index contributed by atoms with van der Waals surface area (Å²) >= 11 is 0. The van der Waals surface area contributed by atoms with Crippen molar-refractivity contribution < 1.29 is 4.74 Å². The van der Waals surface area contributed by atoms with E-state index < -0.39 is 0 Å². The van der Waals surface area contributed by atoms with Gasteiger partial charge in [0, 0.05) is 19.8 Å². The number of methoxy groups -OCH3 is 1. The molecule has 3 heteroatoms. The summed E-state index contributed by atoms with van der Waals surface area (Å²) in [6.45, 7) is 5.58. The van der Waals surface area contributed by atoms with Crippen molar-refractivity contribution >= 4 is 0 Å². The molecule has 0 radical (unpaired) electrons. The van der Waals surface area contributed by atoms with Gasteiger partial charge >= 0.3 is 0 Å². The van der Waals surface area contributed by atoms with Gasteiger partial charge in [-0.25, -0.2) is 0 Å². The summed E-state index contributed by atoms with van der Waals surface area (Å²) in [4.78, 5) is 0. The van der Waals surface area contributed by atoms with E-state index in [1.54, 1.807) is 7.11 Å². The molecule has 0 heterocycles. The molecule has 1 aliphatic carbocycles. The lowest BCUT2D eigenvalue weighted by Crippen LogP contribution is -2.43. The van der Waals surface area contributed by atoms with Gasteiger partial charge < -0.3 is 4.74 Å². The van der Waals surface area contributed by atoms with Gasteiger partial charge in [0.15, 0.2) is 0 Å². The predicted octanol–water partition coefficient (Wildman–Crippen LogP) is 2.32. The van der Waals surface area contributed by atoms with Crippen molar-refractivity contribution in [2.24, 2.45) is 23.6 Å². The number of hydrazine groups is 1. The Morgan fingerprint density at radius 1 is 1.25 bits per heavy atom. The van der Waals surface area contributed by atoms with Crippen LogP contribution < -0.4 is 11.3 Å². The van der Waals surface area contributed by atoms with Gasteiger partial charge in [0.25, 0.3) is 0 Å². The maximum Gasteiger partial charge on any atom is 0.0462 e. The van der Waals surface area contributed by atoms with E-state index in [2.05, 4.69) is 19.3 Å². The quantitative estimate of drug-likeness (QED) is 0.417. The van der Waals surface area contributed by atoms with Crippen molar-refractivity contribution in [1.29, 1.82) is 0 Å². The lowest BCUT2D eigenvalue weighted by Gasteiger charge is -2.36. The minimum Gasteiger partial charge on any atom is -0.385 e. The first-order valence-corrected chi connectivity index (χ1v) is 6.62. The van der Waals surface area contributed by atoms with Gasteiger partial charge in [-0.05, 0) is 49.9 Å². The smallest absolute Gasteiger partial charge is 0.0462 e. The highest BCUT2D eigenvalue weighted by molar-refractivity contribution is 4.82. The lowest BCUT2D eigenvalue weighted by molar-refractivity contribution is 0.152. The maximum absolute atomic E-state index is 5.69. The van der Waals surface area contributed by atoms with E-state index in [1.807, 2.05) is 0 Å². The lowest BCUT2D eigenvalue weighted by atomic mass is 9.73. The van der Waals surface area contributed by atoms with Gasteiger partial charge in [0.2, 0.25) is 0 Å². The first-order chi connectivity index (χ1) is 7.67. The second kappa shape index (κ2) is 7.25. The van der Waals surface area contributed by atoms with Crippen LogP contribution in [0.5, 0.6) is 0 Å². The second-order valence-electron chi connectivity index (χ2n) is 5.59. The number of nitrogens with two attached hydrogens (primary N) is 1. The molecule has 0 saturated heterocycles. The molecule has 3 atom stereocenters. The molecule has 1 aliphatic rings. The zero-order valence-electron chi connectivity index (χ0n) is 11.0. The summed E-state index contributed by atoms with van der Waals surface area (Å²) in [5.74, 6) is 8.14. The molecule has 0 aromatic heterocycles. The number of rotatable bonds is 6. The molecule has 0 aliphatic heterocycles. The van der Waals surface area contributed by atoms with E-state index in [0.29, 0.717) is 6.04 Å². The molecule has 1 saturated carbocycles. The third kappa shape index (κ3) is 4.40. The van der Waals surface area contributed by atoms with Crippen LogP contribution in [0.4, 0.5) is 0 Å². The minimum absolute atomic E-state index is 0.473. The molecule has 16 heavy (non-hydrogen) atoms. The van der Waals surface area contributed by atoms with Crippen LogP contribution in [0.3, 0.4) is 0 Å². The van der Waals surface area contributed by atoms with E-state index >= 15 is 0 Å². The highest BCUT2D eigenvalue weighted by atomic mass is 16.5. The number of nitrogens with one attached hydrogen (secondary N) is 1. The largest absolute Gasteiger partial charge is 0.385 e. The first-order valence-electron chi connectivity index (χ1n) is 6.62. The van der Waals surface area contributed by atoms with Crippen molar-refractivity contribution in [3.8, 4) is 0 Å². The van der Waals surface area contributed by atoms with Gasteiger partial charge in [0.05, 0.1) is 0 Å². The average Bonchev–Trinajstić information content (AvgIpc) is 2.23. The average molecular weight is 228 g/mol. The zero-order chi connectivity index (χ0) is 12.0. The third-order valence-corrected chi connectivity index (χ3v) is 3.86.